The molecule has 0 amide bonds. The van der Waals surface area contributed by atoms with Crippen molar-refractivity contribution in [3.63, 3.8) is 0 Å². The lowest BCUT2D eigenvalue weighted by Gasteiger charge is -2.11. The molecule has 1 aromatic heterocycles. The molecule has 0 aliphatic heterocycles. The SMILES string of the molecule is Cc1ccc(NCc2nc3ccccc3n2Cc2ccccc2)cc1. The van der Waals surface area contributed by atoms with E-state index in [1.54, 1.807) is 0 Å². The predicted molar refractivity (Wildman–Crippen MR) is 104 cm³/mol. The van der Waals surface area contributed by atoms with Gasteiger partial charge >= 0.3 is 0 Å². The molecule has 0 bridgehead atoms. The summed E-state index contributed by atoms with van der Waals surface area (Å²) in [4.78, 5) is 4.84. The molecule has 0 unspecified atom stereocenters. The lowest BCUT2D eigenvalue weighted by molar-refractivity contribution is 0.756. The number of nitrogens with one attached hydrogen (secondary N) is 1. The molecule has 0 spiro atoms. The first kappa shape index (κ1) is 15.5. The first-order chi connectivity index (χ1) is 12.3. The zero-order chi connectivity index (χ0) is 17.1. The minimum absolute atomic E-state index is 0.699. The van der Waals surface area contributed by atoms with E-state index in [4.69, 9.17) is 4.98 Å². The Morgan fingerprint density at radius 1 is 0.840 bits per heavy atom. The quantitative estimate of drug-likeness (QED) is 0.559. The first-order valence-electron chi connectivity index (χ1n) is 8.58. The van der Waals surface area contributed by atoms with Crippen molar-refractivity contribution < 1.29 is 0 Å². The number of hydrogen-bond acceptors (Lipinski definition) is 2. The van der Waals surface area contributed by atoms with Gasteiger partial charge in [-0.1, -0.05) is 60.2 Å². The van der Waals surface area contributed by atoms with Gasteiger partial charge in [-0.25, -0.2) is 4.98 Å². The van der Waals surface area contributed by atoms with Crippen LogP contribution < -0.4 is 5.32 Å². The summed E-state index contributed by atoms with van der Waals surface area (Å²) in [5.74, 6) is 1.05. The molecule has 4 aromatic rings. The zero-order valence-electron chi connectivity index (χ0n) is 14.3. The second-order valence-corrected chi connectivity index (χ2v) is 6.31. The Morgan fingerprint density at radius 2 is 1.56 bits per heavy atom. The summed E-state index contributed by atoms with van der Waals surface area (Å²) >= 11 is 0. The van der Waals surface area contributed by atoms with Crippen molar-refractivity contribution in [1.82, 2.24) is 9.55 Å². The normalized spacial score (nSPS) is 10.9. The highest BCUT2D eigenvalue weighted by Crippen LogP contribution is 2.19. The Kier molecular flexibility index (Phi) is 4.21. The van der Waals surface area contributed by atoms with Crippen LogP contribution in [-0.2, 0) is 13.1 Å². The van der Waals surface area contributed by atoms with E-state index >= 15 is 0 Å². The Hall–Kier alpha value is -3.07. The standard InChI is InChI=1S/C22H21N3/c1-17-11-13-19(14-12-17)23-15-22-24-20-9-5-6-10-21(20)25(22)16-18-7-3-2-4-8-18/h2-14,23H,15-16H2,1H3. The molecule has 124 valence electrons. The number of rotatable bonds is 5. The Bertz CT molecular complexity index is 969. The molecule has 0 saturated carbocycles. The molecular weight excluding hydrogens is 306 g/mol. The van der Waals surface area contributed by atoms with Gasteiger partial charge < -0.3 is 9.88 Å². The van der Waals surface area contributed by atoms with Crippen LogP contribution in [0, 0.1) is 6.92 Å². The molecule has 4 rings (SSSR count). The average molecular weight is 327 g/mol. The largest absolute Gasteiger partial charge is 0.378 e. The molecule has 3 nitrogen and oxygen atoms in total. The third-order valence-electron chi connectivity index (χ3n) is 4.42. The molecule has 1 heterocycles. The van der Waals surface area contributed by atoms with Crippen molar-refractivity contribution in [2.45, 2.75) is 20.0 Å². The van der Waals surface area contributed by atoms with Crippen molar-refractivity contribution in [3.8, 4) is 0 Å². The summed E-state index contributed by atoms with van der Waals surface area (Å²) in [7, 11) is 0. The van der Waals surface area contributed by atoms with Crippen molar-refractivity contribution >= 4 is 16.7 Å². The van der Waals surface area contributed by atoms with Gasteiger partial charge in [-0.3, -0.25) is 0 Å². The van der Waals surface area contributed by atoms with Gasteiger partial charge in [-0.15, -0.1) is 0 Å². The molecule has 25 heavy (non-hydrogen) atoms. The summed E-state index contributed by atoms with van der Waals surface area (Å²) in [5.41, 5.74) is 5.87. The van der Waals surface area contributed by atoms with Crippen molar-refractivity contribution in [3.05, 3.63) is 95.8 Å². The second kappa shape index (κ2) is 6.81. The van der Waals surface area contributed by atoms with E-state index in [0.717, 1.165) is 23.6 Å². The van der Waals surface area contributed by atoms with Crippen LogP contribution in [0.1, 0.15) is 17.0 Å². The van der Waals surface area contributed by atoms with Gasteiger partial charge in [0.15, 0.2) is 0 Å². The number of nitrogens with zero attached hydrogens (tertiary/aromatic N) is 2. The van der Waals surface area contributed by atoms with Gasteiger partial charge in [0.05, 0.1) is 17.6 Å². The molecule has 3 aromatic carbocycles. The number of aryl methyl sites for hydroxylation is 1. The van der Waals surface area contributed by atoms with Crippen molar-refractivity contribution in [1.29, 1.82) is 0 Å². The monoisotopic (exact) mass is 327 g/mol. The highest BCUT2D eigenvalue weighted by atomic mass is 15.1. The lowest BCUT2D eigenvalue weighted by Crippen LogP contribution is -2.09. The van der Waals surface area contributed by atoms with Crippen molar-refractivity contribution in [2.75, 3.05) is 5.32 Å². The van der Waals surface area contributed by atoms with Gasteiger partial charge in [-0.2, -0.15) is 0 Å². The average Bonchev–Trinajstić information content (AvgIpc) is 3.00. The van der Waals surface area contributed by atoms with Crippen molar-refractivity contribution in [2.24, 2.45) is 0 Å². The van der Waals surface area contributed by atoms with Gasteiger partial charge in [0.25, 0.3) is 0 Å². The summed E-state index contributed by atoms with van der Waals surface area (Å²) in [6, 6.07) is 27.3. The minimum Gasteiger partial charge on any atom is -0.378 e. The molecular formula is C22H21N3. The smallest absolute Gasteiger partial charge is 0.129 e. The van der Waals surface area contributed by atoms with E-state index in [9.17, 15) is 0 Å². The van der Waals surface area contributed by atoms with Crippen LogP contribution in [0.25, 0.3) is 11.0 Å². The highest BCUT2D eigenvalue weighted by molar-refractivity contribution is 5.76. The fourth-order valence-electron chi connectivity index (χ4n) is 3.06. The second-order valence-electron chi connectivity index (χ2n) is 6.31. The number of imidazole rings is 1. The summed E-state index contributed by atoms with van der Waals surface area (Å²) in [6.45, 7) is 3.62. The summed E-state index contributed by atoms with van der Waals surface area (Å²) in [5, 5.41) is 3.49. The predicted octanol–water partition coefficient (Wildman–Crippen LogP) is 5.01. The number of hydrogen-bond donors (Lipinski definition) is 1. The van der Waals surface area contributed by atoms with E-state index in [1.807, 2.05) is 6.07 Å². The van der Waals surface area contributed by atoms with E-state index < -0.39 is 0 Å². The first-order valence-corrected chi connectivity index (χ1v) is 8.58. The minimum atomic E-state index is 0.699. The van der Waals surface area contributed by atoms with Crippen LogP contribution in [0.4, 0.5) is 5.69 Å². The molecule has 0 fully saturated rings. The Labute approximate surface area is 148 Å². The van der Waals surface area contributed by atoms with Gasteiger partial charge in [0, 0.05) is 12.2 Å². The van der Waals surface area contributed by atoms with Gasteiger partial charge in [0.1, 0.15) is 5.82 Å². The number of anilines is 1. The van der Waals surface area contributed by atoms with E-state index in [1.165, 1.54) is 16.6 Å². The van der Waals surface area contributed by atoms with Crippen LogP contribution in [0.15, 0.2) is 78.9 Å². The zero-order valence-corrected chi connectivity index (χ0v) is 14.3. The van der Waals surface area contributed by atoms with Crippen LogP contribution in [0.3, 0.4) is 0 Å². The Morgan fingerprint density at radius 3 is 2.36 bits per heavy atom. The van der Waals surface area contributed by atoms with E-state index in [2.05, 4.69) is 89.6 Å². The fraction of sp³-hybridized carbons (Fsp3) is 0.136. The van der Waals surface area contributed by atoms with E-state index in [0.29, 0.717) is 6.54 Å². The third-order valence-corrected chi connectivity index (χ3v) is 4.42. The number of aromatic nitrogens is 2. The molecule has 0 radical (unpaired) electrons. The maximum Gasteiger partial charge on any atom is 0.129 e. The molecule has 3 heteroatoms. The highest BCUT2D eigenvalue weighted by Gasteiger charge is 2.10. The Balaban J connectivity index is 1.65. The number of para-hydroxylation sites is 2. The van der Waals surface area contributed by atoms with Crippen LogP contribution in [-0.4, -0.2) is 9.55 Å². The number of fused-ring (bicyclic) bond motifs is 1. The van der Waals surface area contributed by atoms with Gasteiger partial charge in [-0.05, 0) is 36.8 Å². The van der Waals surface area contributed by atoms with Crippen LogP contribution in [0.5, 0.6) is 0 Å². The van der Waals surface area contributed by atoms with Crippen LogP contribution >= 0.6 is 0 Å². The molecule has 0 aliphatic carbocycles. The maximum absolute atomic E-state index is 4.84. The number of benzene rings is 3. The molecule has 0 atom stereocenters. The summed E-state index contributed by atoms with van der Waals surface area (Å²) in [6.07, 6.45) is 0. The fourth-order valence-corrected chi connectivity index (χ4v) is 3.06. The summed E-state index contributed by atoms with van der Waals surface area (Å²) < 4.78 is 2.30. The lowest BCUT2D eigenvalue weighted by atomic mass is 10.2. The molecule has 0 saturated heterocycles. The van der Waals surface area contributed by atoms with Gasteiger partial charge in [0.2, 0.25) is 0 Å². The maximum atomic E-state index is 4.84. The van der Waals surface area contributed by atoms with Crippen LogP contribution in [0.2, 0.25) is 0 Å². The third kappa shape index (κ3) is 3.41. The topological polar surface area (TPSA) is 29.9 Å². The molecule has 1 N–H and O–H groups in total. The molecule has 0 aliphatic rings. The van der Waals surface area contributed by atoms with E-state index in [-0.39, 0.29) is 0 Å².